The van der Waals surface area contributed by atoms with Crippen LogP contribution in [0.2, 0.25) is 5.02 Å². The highest BCUT2D eigenvalue weighted by Crippen LogP contribution is 2.22. The Morgan fingerprint density at radius 3 is 2.76 bits per heavy atom. The zero-order chi connectivity index (χ0) is 23.4. The molecule has 0 bridgehead atoms. The molecule has 0 saturated carbocycles. The fourth-order valence-electron chi connectivity index (χ4n) is 3.03. The van der Waals surface area contributed by atoms with Crippen molar-refractivity contribution in [2.24, 2.45) is 7.05 Å². The lowest BCUT2D eigenvalue weighted by Crippen LogP contribution is -2.25. The van der Waals surface area contributed by atoms with Crippen LogP contribution in [-0.4, -0.2) is 21.6 Å². The maximum Gasteiger partial charge on any atom is 0.291 e. The van der Waals surface area contributed by atoms with E-state index in [9.17, 15) is 9.59 Å². The summed E-state index contributed by atoms with van der Waals surface area (Å²) in [5.74, 6) is 0.816. The number of anilines is 1. The molecular weight excluding hydrogens is 448 g/mol. The highest BCUT2D eigenvalue weighted by atomic mass is 35.5. The second-order valence-corrected chi connectivity index (χ2v) is 7.65. The molecule has 4 aromatic rings. The number of aryl methyl sites for hydroxylation is 2. The number of amides is 2. The number of halogens is 1. The molecule has 3 heterocycles. The Bertz CT molecular complexity index is 1280. The van der Waals surface area contributed by atoms with Gasteiger partial charge < -0.3 is 24.2 Å². The lowest BCUT2D eigenvalue weighted by Gasteiger charge is -2.06. The molecule has 0 fully saturated rings. The van der Waals surface area contributed by atoms with Crippen LogP contribution in [0.3, 0.4) is 0 Å². The van der Waals surface area contributed by atoms with Crippen LogP contribution < -0.4 is 15.4 Å². The third kappa shape index (κ3) is 5.45. The van der Waals surface area contributed by atoms with Crippen molar-refractivity contribution in [1.82, 2.24) is 15.1 Å². The van der Waals surface area contributed by atoms with Crippen molar-refractivity contribution in [1.29, 1.82) is 0 Å². The van der Waals surface area contributed by atoms with E-state index < -0.39 is 11.8 Å². The molecular formula is C23H21ClN4O5. The summed E-state index contributed by atoms with van der Waals surface area (Å²) in [7, 11) is 1.65. The maximum absolute atomic E-state index is 12.7. The summed E-state index contributed by atoms with van der Waals surface area (Å²) in [5, 5.41) is 10.2. The molecule has 170 valence electrons. The van der Waals surface area contributed by atoms with E-state index in [2.05, 4.69) is 15.7 Å². The van der Waals surface area contributed by atoms with Crippen molar-refractivity contribution in [3.8, 4) is 5.75 Å². The zero-order valence-electron chi connectivity index (χ0n) is 17.9. The van der Waals surface area contributed by atoms with E-state index in [0.717, 1.165) is 5.56 Å². The first-order valence-corrected chi connectivity index (χ1v) is 10.4. The van der Waals surface area contributed by atoms with Gasteiger partial charge in [0, 0.05) is 18.3 Å². The zero-order valence-corrected chi connectivity index (χ0v) is 18.7. The number of carbonyl (C=O) groups is 2. The van der Waals surface area contributed by atoms with Gasteiger partial charge in [-0.1, -0.05) is 11.6 Å². The topological polar surface area (TPSA) is 112 Å². The second kappa shape index (κ2) is 9.66. The van der Waals surface area contributed by atoms with Gasteiger partial charge >= 0.3 is 0 Å². The highest BCUT2D eigenvalue weighted by Gasteiger charge is 2.20. The van der Waals surface area contributed by atoms with Gasteiger partial charge in [0.25, 0.3) is 11.8 Å². The minimum atomic E-state index is -0.517. The molecule has 10 heteroatoms. The molecule has 0 atom stereocenters. The largest absolute Gasteiger partial charge is 0.486 e. The summed E-state index contributed by atoms with van der Waals surface area (Å²) >= 11 is 6.02. The van der Waals surface area contributed by atoms with E-state index in [1.807, 2.05) is 13.0 Å². The fourth-order valence-corrected chi connectivity index (χ4v) is 3.15. The first-order valence-electron chi connectivity index (χ1n) is 10.0. The van der Waals surface area contributed by atoms with Crippen molar-refractivity contribution in [3.63, 3.8) is 0 Å². The van der Waals surface area contributed by atoms with Crippen molar-refractivity contribution in [2.45, 2.75) is 20.1 Å². The third-order valence-electron chi connectivity index (χ3n) is 4.69. The van der Waals surface area contributed by atoms with Crippen LogP contribution in [0.1, 0.15) is 38.1 Å². The predicted octanol–water partition coefficient (Wildman–Crippen LogP) is 4.33. The molecule has 2 N–H and O–H groups in total. The van der Waals surface area contributed by atoms with E-state index in [0.29, 0.717) is 22.3 Å². The molecule has 0 spiro atoms. The molecule has 2 amide bonds. The van der Waals surface area contributed by atoms with E-state index in [-0.39, 0.29) is 30.3 Å². The van der Waals surface area contributed by atoms with Crippen molar-refractivity contribution in [3.05, 3.63) is 88.5 Å². The number of benzene rings is 1. The van der Waals surface area contributed by atoms with Crippen molar-refractivity contribution < 1.29 is 23.2 Å². The monoisotopic (exact) mass is 468 g/mol. The standard InChI is InChI=1S/C23H21ClN4O5/c1-14-10-15(5-7-18(14)24)32-13-17-6-8-20(33-17)22(29)26-19-12-28(2)27-21(19)23(30)25-11-16-4-3-9-31-16/h3-10,12H,11,13H2,1-2H3,(H,25,30)(H,26,29). The van der Waals surface area contributed by atoms with Gasteiger partial charge in [0.1, 0.15) is 23.9 Å². The lowest BCUT2D eigenvalue weighted by molar-refractivity contribution is 0.0943. The van der Waals surface area contributed by atoms with Crippen LogP contribution in [0.5, 0.6) is 5.75 Å². The molecule has 0 aliphatic heterocycles. The number of hydrogen-bond acceptors (Lipinski definition) is 6. The van der Waals surface area contributed by atoms with Crippen molar-refractivity contribution >= 4 is 29.1 Å². The van der Waals surface area contributed by atoms with Gasteiger partial charge in [-0.05, 0) is 55.0 Å². The summed E-state index contributed by atoms with van der Waals surface area (Å²) in [6.07, 6.45) is 3.06. The molecule has 1 aromatic carbocycles. The summed E-state index contributed by atoms with van der Waals surface area (Å²) in [4.78, 5) is 25.2. The number of carbonyl (C=O) groups excluding carboxylic acids is 2. The Kier molecular flexibility index (Phi) is 6.50. The van der Waals surface area contributed by atoms with Crippen LogP contribution in [0.15, 0.2) is 63.8 Å². The van der Waals surface area contributed by atoms with E-state index in [4.69, 9.17) is 25.2 Å². The van der Waals surface area contributed by atoms with E-state index in [1.54, 1.807) is 37.4 Å². The van der Waals surface area contributed by atoms with Gasteiger partial charge in [-0.25, -0.2) is 0 Å². The molecule has 0 radical (unpaired) electrons. The predicted molar refractivity (Wildman–Crippen MR) is 120 cm³/mol. The minimum Gasteiger partial charge on any atom is -0.486 e. The van der Waals surface area contributed by atoms with Gasteiger partial charge in [0.15, 0.2) is 11.5 Å². The average molecular weight is 469 g/mol. The Hall–Kier alpha value is -3.98. The number of aromatic nitrogens is 2. The van der Waals surface area contributed by atoms with E-state index >= 15 is 0 Å². The first kappa shape index (κ1) is 22.2. The van der Waals surface area contributed by atoms with Crippen LogP contribution in [0.4, 0.5) is 5.69 Å². The summed E-state index contributed by atoms with van der Waals surface area (Å²) < 4.78 is 17.9. The highest BCUT2D eigenvalue weighted by molar-refractivity contribution is 6.31. The number of nitrogens with one attached hydrogen (secondary N) is 2. The fraction of sp³-hybridized carbons (Fsp3) is 0.174. The molecule has 3 aromatic heterocycles. The van der Waals surface area contributed by atoms with Crippen LogP contribution in [0.25, 0.3) is 0 Å². The number of rotatable bonds is 8. The molecule has 0 aliphatic rings. The Labute approximate surface area is 194 Å². The van der Waals surface area contributed by atoms with Gasteiger partial charge in [-0.3, -0.25) is 14.3 Å². The van der Waals surface area contributed by atoms with Crippen LogP contribution in [0, 0.1) is 6.92 Å². The second-order valence-electron chi connectivity index (χ2n) is 7.25. The molecule has 0 saturated heterocycles. The van der Waals surface area contributed by atoms with Gasteiger partial charge in [0.2, 0.25) is 0 Å². The van der Waals surface area contributed by atoms with Gasteiger partial charge in [-0.2, -0.15) is 5.10 Å². The van der Waals surface area contributed by atoms with Crippen LogP contribution in [-0.2, 0) is 20.2 Å². The molecule has 9 nitrogen and oxygen atoms in total. The quantitative estimate of drug-likeness (QED) is 0.398. The molecule has 4 rings (SSSR count). The Balaban J connectivity index is 1.38. The molecule has 0 aliphatic carbocycles. The Morgan fingerprint density at radius 1 is 1.15 bits per heavy atom. The first-order chi connectivity index (χ1) is 15.9. The number of ether oxygens (including phenoxy) is 1. The minimum absolute atomic E-state index is 0.0747. The number of nitrogens with zero attached hydrogens (tertiary/aromatic N) is 2. The normalized spacial score (nSPS) is 10.8. The number of hydrogen-bond donors (Lipinski definition) is 2. The van der Waals surface area contributed by atoms with Gasteiger partial charge in [-0.15, -0.1) is 0 Å². The lowest BCUT2D eigenvalue weighted by atomic mass is 10.2. The average Bonchev–Trinajstić information content (AvgIpc) is 3.54. The third-order valence-corrected chi connectivity index (χ3v) is 5.12. The Morgan fingerprint density at radius 2 is 2.00 bits per heavy atom. The summed E-state index contributed by atoms with van der Waals surface area (Å²) in [6, 6.07) is 12.0. The van der Waals surface area contributed by atoms with Gasteiger partial charge in [0.05, 0.1) is 18.5 Å². The van der Waals surface area contributed by atoms with Crippen LogP contribution >= 0.6 is 11.6 Å². The molecule has 33 heavy (non-hydrogen) atoms. The summed E-state index contributed by atoms with van der Waals surface area (Å²) in [6.45, 7) is 2.22. The van der Waals surface area contributed by atoms with E-state index in [1.165, 1.54) is 23.2 Å². The van der Waals surface area contributed by atoms with Crippen molar-refractivity contribution in [2.75, 3.05) is 5.32 Å². The smallest absolute Gasteiger partial charge is 0.291 e. The maximum atomic E-state index is 12.7. The number of furan rings is 2. The SMILES string of the molecule is Cc1cc(OCc2ccc(C(=O)Nc3cn(C)nc3C(=O)NCc3ccco3)o2)ccc1Cl. The summed E-state index contributed by atoms with van der Waals surface area (Å²) in [5.41, 5.74) is 1.23. The molecule has 0 unspecified atom stereocenters.